The molecule has 0 spiro atoms. The molecule has 22 heavy (non-hydrogen) atoms. The van der Waals surface area contributed by atoms with Crippen LogP contribution in [-0.4, -0.2) is 27.9 Å². The van der Waals surface area contributed by atoms with E-state index in [-0.39, 0.29) is 5.91 Å². The summed E-state index contributed by atoms with van der Waals surface area (Å²) in [7, 11) is 0. The van der Waals surface area contributed by atoms with Crippen LogP contribution in [0.5, 0.6) is 0 Å². The van der Waals surface area contributed by atoms with Crippen LogP contribution in [0.3, 0.4) is 0 Å². The summed E-state index contributed by atoms with van der Waals surface area (Å²) in [6.07, 6.45) is 2.56. The van der Waals surface area contributed by atoms with Gasteiger partial charge in [-0.15, -0.1) is 0 Å². The number of rotatable bonds is 5. The van der Waals surface area contributed by atoms with E-state index in [1.807, 2.05) is 37.3 Å². The minimum absolute atomic E-state index is 0.215. The molecule has 1 N–H and O–H groups in total. The highest BCUT2D eigenvalue weighted by atomic mass is 19.1. The molecule has 116 valence electrons. The van der Waals surface area contributed by atoms with Crippen molar-refractivity contribution in [3.05, 3.63) is 47.8 Å². The molecule has 1 fully saturated rings. The molecule has 0 unspecified atom stereocenters. The summed E-state index contributed by atoms with van der Waals surface area (Å²) >= 11 is 0. The molecule has 0 saturated heterocycles. The van der Waals surface area contributed by atoms with Crippen molar-refractivity contribution in [3.63, 3.8) is 0 Å². The van der Waals surface area contributed by atoms with Gasteiger partial charge in [0.1, 0.15) is 11.4 Å². The summed E-state index contributed by atoms with van der Waals surface area (Å²) in [5.41, 5.74) is 1.02. The standard InChI is InChI=1S/C17H20FN3O/c1-13-12-15(21(20-13)14-6-3-2-4-7-14)16(22)19-11-10-17(18)8-5-9-17/h2-4,6-7,12H,5,8-11H2,1H3,(H,19,22). The molecule has 0 bridgehead atoms. The van der Waals surface area contributed by atoms with Crippen LogP contribution in [0.1, 0.15) is 41.9 Å². The lowest BCUT2D eigenvalue weighted by molar-refractivity contribution is 0.0533. The average molecular weight is 301 g/mol. The van der Waals surface area contributed by atoms with E-state index in [0.717, 1.165) is 17.8 Å². The second-order valence-corrected chi connectivity index (χ2v) is 5.93. The van der Waals surface area contributed by atoms with Gasteiger partial charge in [0.2, 0.25) is 0 Å². The first-order valence-corrected chi connectivity index (χ1v) is 7.67. The van der Waals surface area contributed by atoms with Crippen LogP contribution in [0.2, 0.25) is 0 Å². The van der Waals surface area contributed by atoms with Crippen molar-refractivity contribution >= 4 is 5.91 Å². The number of aromatic nitrogens is 2. The smallest absolute Gasteiger partial charge is 0.270 e. The van der Waals surface area contributed by atoms with Crippen LogP contribution in [0.15, 0.2) is 36.4 Å². The minimum atomic E-state index is -1.07. The zero-order valence-corrected chi connectivity index (χ0v) is 12.7. The number of benzene rings is 1. The molecule has 1 aliphatic carbocycles. The van der Waals surface area contributed by atoms with Crippen molar-refractivity contribution < 1.29 is 9.18 Å². The molecular weight excluding hydrogens is 281 g/mol. The van der Waals surface area contributed by atoms with E-state index in [1.54, 1.807) is 10.7 Å². The van der Waals surface area contributed by atoms with Gasteiger partial charge in [0.15, 0.2) is 0 Å². The number of carbonyl (C=O) groups is 1. The Labute approximate surface area is 129 Å². The SMILES string of the molecule is Cc1cc(C(=O)NCCC2(F)CCC2)n(-c2ccccc2)n1. The monoisotopic (exact) mass is 301 g/mol. The minimum Gasteiger partial charge on any atom is -0.351 e. The van der Waals surface area contributed by atoms with Gasteiger partial charge in [-0.05, 0) is 50.8 Å². The summed E-state index contributed by atoms with van der Waals surface area (Å²) in [6.45, 7) is 2.20. The van der Waals surface area contributed by atoms with Crippen molar-refractivity contribution in [2.24, 2.45) is 0 Å². The molecule has 5 heteroatoms. The van der Waals surface area contributed by atoms with Gasteiger partial charge in [-0.1, -0.05) is 18.2 Å². The van der Waals surface area contributed by atoms with Crippen molar-refractivity contribution in [1.82, 2.24) is 15.1 Å². The lowest BCUT2D eigenvalue weighted by atomic mass is 9.80. The third kappa shape index (κ3) is 3.03. The first-order chi connectivity index (χ1) is 10.6. The fraction of sp³-hybridized carbons (Fsp3) is 0.412. The topological polar surface area (TPSA) is 46.9 Å². The number of nitrogens with zero attached hydrogens (tertiary/aromatic N) is 2. The number of alkyl halides is 1. The summed E-state index contributed by atoms with van der Waals surface area (Å²) in [5.74, 6) is -0.215. The van der Waals surface area contributed by atoms with Gasteiger partial charge in [-0.3, -0.25) is 4.79 Å². The molecule has 4 nitrogen and oxygen atoms in total. The van der Waals surface area contributed by atoms with Crippen LogP contribution < -0.4 is 5.32 Å². The normalized spacial score (nSPS) is 16.1. The van der Waals surface area contributed by atoms with Crippen LogP contribution >= 0.6 is 0 Å². The van der Waals surface area contributed by atoms with Crippen molar-refractivity contribution in [2.75, 3.05) is 6.54 Å². The van der Waals surface area contributed by atoms with E-state index >= 15 is 0 Å². The molecule has 0 atom stereocenters. The number of para-hydroxylation sites is 1. The second-order valence-electron chi connectivity index (χ2n) is 5.93. The van der Waals surface area contributed by atoms with E-state index in [2.05, 4.69) is 10.4 Å². The summed E-state index contributed by atoms with van der Waals surface area (Å²) in [6, 6.07) is 11.3. The Bertz CT molecular complexity index is 662. The Morgan fingerprint density at radius 1 is 1.36 bits per heavy atom. The fourth-order valence-corrected chi connectivity index (χ4v) is 2.73. The molecule has 1 amide bonds. The van der Waals surface area contributed by atoms with Crippen molar-refractivity contribution in [2.45, 2.75) is 38.3 Å². The molecule has 0 radical (unpaired) electrons. The Kier molecular flexibility index (Phi) is 3.96. The van der Waals surface area contributed by atoms with Gasteiger partial charge in [0, 0.05) is 6.54 Å². The average Bonchev–Trinajstić information content (AvgIpc) is 2.88. The zero-order valence-electron chi connectivity index (χ0n) is 12.7. The Morgan fingerprint density at radius 3 is 2.73 bits per heavy atom. The largest absolute Gasteiger partial charge is 0.351 e. The number of hydrogen-bond acceptors (Lipinski definition) is 2. The van der Waals surface area contributed by atoms with Crippen LogP contribution in [-0.2, 0) is 0 Å². The van der Waals surface area contributed by atoms with E-state index in [9.17, 15) is 9.18 Å². The van der Waals surface area contributed by atoms with E-state index in [0.29, 0.717) is 31.5 Å². The quantitative estimate of drug-likeness (QED) is 0.922. The maximum Gasteiger partial charge on any atom is 0.270 e. The number of amides is 1. The summed E-state index contributed by atoms with van der Waals surface area (Å²) < 4.78 is 15.6. The molecule has 1 heterocycles. The Morgan fingerprint density at radius 2 is 2.09 bits per heavy atom. The van der Waals surface area contributed by atoms with Crippen LogP contribution in [0.4, 0.5) is 4.39 Å². The molecule has 1 aromatic heterocycles. The van der Waals surface area contributed by atoms with Gasteiger partial charge in [-0.25, -0.2) is 9.07 Å². The first-order valence-electron chi connectivity index (χ1n) is 7.67. The summed E-state index contributed by atoms with van der Waals surface area (Å²) in [4.78, 5) is 12.3. The van der Waals surface area contributed by atoms with Gasteiger partial charge >= 0.3 is 0 Å². The van der Waals surface area contributed by atoms with Crippen molar-refractivity contribution in [3.8, 4) is 5.69 Å². The van der Waals surface area contributed by atoms with Crippen LogP contribution in [0.25, 0.3) is 5.69 Å². The van der Waals surface area contributed by atoms with E-state index < -0.39 is 5.67 Å². The highest BCUT2D eigenvalue weighted by Gasteiger charge is 2.36. The van der Waals surface area contributed by atoms with E-state index in [4.69, 9.17) is 0 Å². The van der Waals surface area contributed by atoms with Crippen molar-refractivity contribution in [1.29, 1.82) is 0 Å². The Hall–Kier alpha value is -2.17. The molecular formula is C17H20FN3O. The fourth-order valence-electron chi connectivity index (χ4n) is 2.73. The summed E-state index contributed by atoms with van der Waals surface area (Å²) in [5, 5.41) is 7.17. The van der Waals surface area contributed by atoms with Gasteiger partial charge < -0.3 is 5.32 Å². The van der Waals surface area contributed by atoms with Crippen LogP contribution in [0, 0.1) is 6.92 Å². The molecule has 1 aromatic carbocycles. The number of carbonyl (C=O) groups excluding carboxylic acids is 1. The Balaban J connectivity index is 1.70. The van der Waals surface area contributed by atoms with E-state index in [1.165, 1.54) is 0 Å². The maximum atomic E-state index is 13.9. The zero-order chi connectivity index (χ0) is 15.6. The molecule has 0 aliphatic heterocycles. The van der Waals surface area contributed by atoms with Gasteiger partial charge in [-0.2, -0.15) is 5.10 Å². The first kappa shape index (κ1) is 14.8. The predicted molar refractivity (Wildman–Crippen MR) is 82.9 cm³/mol. The van der Waals surface area contributed by atoms with Gasteiger partial charge in [0.25, 0.3) is 5.91 Å². The number of aryl methyl sites for hydroxylation is 1. The lowest BCUT2D eigenvalue weighted by Crippen LogP contribution is -2.37. The molecule has 3 rings (SSSR count). The molecule has 1 saturated carbocycles. The second kappa shape index (κ2) is 5.91. The third-order valence-corrected chi connectivity index (χ3v) is 4.17. The van der Waals surface area contributed by atoms with Gasteiger partial charge in [0.05, 0.1) is 11.4 Å². The number of halogens is 1. The third-order valence-electron chi connectivity index (χ3n) is 4.17. The lowest BCUT2D eigenvalue weighted by Gasteiger charge is -2.33. The predicted octanol–water partition coefficient (Wildman–Crippen LogP) is 3.19. The number of hydrogen-bond donors (Lipinski definition) is 1. The molecule has 2 aromatic rings. The maximum absolute atomic E-state index is 13.9. The highest BCUT2D eigenvalue weighted by molar-refractivity contribution is 5.93. The number of nitrogens with one attached hydrogen (secondary N) is 1. The molecule has 1 aliphatic rings. The highest BCUT2D eigenvalue weighted by Crippen LogP contribution is 2.38.